The van der Waals surface area contributed by atoms with E-state index in [1.165, 1.54) is 4.31 Å². The molecule has 2 heterocycles. The molecule has 1 atom stereocenters. The number of carbonyl (C=O) groups excluding carboxylic acids is 1. The molecule has 166 valence electrons. The highest BCUT2D eigenvalue weighted by molar-refractivity contribution is 7.89. The maximum atomic E-state index is 13.2. The van der Waals surface area contributed by atoms with Crippen molar-refractivity contribution in [2.45, 2.75) is 43.5 Å². The summed E-state index contributed by atoms with van der Waals surface area (Å²) in [6.45, 7) is 4.26. The second kappa shape index (κ2) is 9.40. The molecule has 0 N–H and O–H groups in total. The molecule has 0 saturated carbocycles. The zero-order valence-electron chi connectivity index (χ0n) is 17.9. The fourth-order valence-corrected chi connectivity index (χ4v) is 6.03. The summed E-state index contributed by atoms with van der Waals surface area (Å²) in [5.74, 6) is 1.21. The first-order valence-electron chi connectivity index (χ1n) is 11.0. The highest BCUT2D eigenvalue weighted by Crippen LogP contribution is 2.29. The van der Waals surface area contributed by atoms with Crippen LogP contribution in [0.5, 0.6) is 5.75 Å². The van der Waals surface area contributed by atoms with Crippen LogP contribution < -0.4 is 4.74 Å². The Morgan fingerprint density at radius 3 is 2.32 bits per heavy atom. The van der Waals surface area contributed by atoms with Gasteiger partial charge in [0.1, 0.15) is 11.8 Å². The van der Waals surface area contributed by atoms with Crippen molar-refractivity contribution in [3.8, 4) is 5.75 Å². The predicted octanol–water partition coefficient (Wildman–Crippen LogP) is 3.47. The zero-order valence-corrected chi connectivity index (χ0v) is 18.8. The SMILES string of the molecule is Cc1ccc(S(=O)(=O)N2CCC[C@H]2C(=O)N2CCC(COc3ccccc3)CC2)cc1. The molecule has 31 heavy (non-hydrogen) atoms. The summed E-state index contributed by atoms with van der Waals surface area (Å²) in [6, 6.07) is 16.0. The highest BCUT2D eigenvalue weighted by atomic mass is 32.2. The zero-order chi connectivity index (χ0) is 21.8. The fraction of sp³-hybridized carbons (Fsp3) is 0.458. The third kappa shape index (κ3) is 4.93. The van der Waals surface area contributed by atoms with Crippen molar-refractivity contribution in [3.05, 3.63) is 60.2 Å². The Labute approximate surface area is 184 Å². The molecule has 2 fully saturated rings. The van der Waals surface area contributed by atoms with Crippen LogP contribution >= 0.6 is 0 Å². The van der Waals surface area contributed by atoms with Crippen LogP contribution in [-0.4, -0.2) is 55.8 Å². The molecule has 7 heteroatoms. The van der Waals surface area contributed by atoms with Gasteiger partial charge in [-0.15, -0.1) is 0 Å². The Kier molecular flexibility index (Phi) is 6.62. The molecule has 6 nitrogen and oxygen atoms in total. The van der Waals surface area contributed by atoms with E-state index in [2.05, 4.69) is 0 Å². The molecule has 2 saturated heterocycles. The predicted molar refractivity (Wildman–Crippen MR) is 119 cm³/mol. The van der Waals surface area contributed by atoms with Gasteiger partial charge in [-0.05, 0) is 62.8 Å². The largest absolute Gasteiger partial charge is 0.493 e. The molecule has 1 amide bonds. The minimum absolute atomic E-state index is 0.0596. The quantitative estimate of drug-likeness (QED) is 0.687. The molecular formula is C24H30N2O4S. The normalized spacial score (nSPS) is 20.7. The number of carbonyl (C=O) groups is 1. The number of aryl methyl sites for hydroxylation is 1. The van der Waals surface area contributed by atoms with Gasteiger partial charge >= 0.3 is 0 Å². The van der Waals surface area contributed by atoms with Crippen molar-refractivity contribution >= 4 is 15.9 Å². The Hall–Kier alpha value is -2.38. The average molecular weight is 443 g/mol. The molecule has 0 radical (unpaired) electrons. The summed E-state index contributed by atoms with van der Waals surface area (Å²) in [6.07, 6.45) is 3.04. The second-order valence-electron chi connectivity index (χ2n) is 8.48. The summed E-state index contributed by atoms with van der Waals surface area (Å²) in [7, 11) is -3.67. The number of hydrogen-bond donors (Lipinski definition) is 0. The number of rotatable bonds is 6. The maximum absolute atomic E-state index is 13.2. The lowest BCUT2D eigenvalue weighted by Gasteiger charge is -2.35. The van der Waals surface area contributed by atoms with Crippen molar-refractivity contribution in [2.75, 3.05) is 26.2 Å². The van der Waals surface area contributed by atoms with Crippen molar-refractivity contribution < 1.29 is 17.9 Å². The summed E-state index contributed by atoms with van der Waals surface area (Å²) >= 11 is 0. The van der Waals surface area contributed by atoms with E-state index in [9.17, 15) is 13.2 Å². The van der Waals surface area contributed by atoms with Crippen molar-refractivity contribution in [1.82, 2.24) is 9.21 Å². The Morgan fingerprint density at radius 1 is 0.968 bits per heavy atom. The summed E-state index contributed by atoms with van der Waals surface area (Å²) < 4.78 is 33.6. The van der Waals surface area contributed by atoms with E-state index in [0.717, 1.165) is 24.2 Å². The highest BCUT2D eigenvalue weighted by Gasteiger charge is 2.41. The monoisotopic (exact) mass is 442 g/mol. The number of piperidine rings is 1. The van der Waals surface area contributed by atoms with Gasteiger partial charge in [-0.1, -0.05) is 35.9 Å². The van der Waals surface area contributed by atoms with Crippen molar-refractivity contribution in [2.24, 2.45) is 5.92 Å². The van der Waals surface area contributed by atoms with Gasteiger partial charge in [0.15, 0.2) is 0 Å². The Morgan fingerprint density at radius 2 is 1.65 bits per heavy atom. The molecule has 0 aliphatic carbocycles. The molecule has 0 spiro atoms. The van der Waals surface area contributed by atoms with E-state index < -0.39 is 16.1 Å². The number of sulfonamides is 1. The lowest BCUT2D eigenvalue weighted by molar-refractivity contribution is -0.136. The number of amides is 1. The van der Waals surface area contributed by atoms with E-state index in [1.54, 1.807) is 24.3 Å². The lowest BCUT2D eigenvalue weighted by atomic mass is 9.97. The van der Waals surface area contributed by atoms with Gasteiger partial charge in [0.25, 0.3) is 0 Å². The van der Waals surface area contributed by atoms with Crippen LogP contribution in [0.3, 0.4) is 0 Å². The molecule has 0 bridgehead atoms. The molecule has 0 aromatic heterocycles. The minimum Gasteiger partial charge on any atom is -0.493 e. The molecule has 2 aromatic carbocycles. The molecule has 4 rings (SSSR count). The van der Waals surface area contributed by atoms with E-state index in [4.69, 9.17) is 4.74 Å². The second-order valence-corrected chi connectivity index (χ2v) is 10.4. The maximum Gasteiger partial charge on any atom is 0.243 e. The smallest absolute Gasteiger partial charge is 0.243 e. The molecule has 2 aromatic rings. The minimum atomic E-state index is -3.67. The van der Waals surface area contributed by atoms with Gasteiger partial charge in [0.2, 0.25) is 15.9 Å². The van der Waals surface area contributed by atoms with Crippen LogP contribution in [0.15, 0.2) is 59.5 Å². The van der Waals surface area contributed by atoms with E-state index in [-0.39, 0.29) is 10.8 Å². The van der Waals surface area contributed by atoms with Crippen LogP contribution in [0.4, 0.5) is 0 Å². The molecule has 0 unspecified atom stereocenters. The van der Waals surface area contributed by atoms with Crippen LogP contribution in [-0.2, 0) is 14.8 Å². The molecule has 2 aliphatic heterocycles. The van der Waals surface area contributed by atoms with Crippen molar-refractivity contribution in [1.29, 1.82) is 0 Å². The number of nitrogens with zero attached hydrogens (tertiary/aromatic N) is 2. The Bertz CT molecular complexity index is 984. The first kappa shape index (κ1) is 21.8. The van der Waals surface area contributed by atoms with Gasteiger partial charge < -0.3 is 9.64 Å². The summed E-state index contributed by atoms with van der Waals surface area (Å²) in [5, 5.41) is 0. The molecule has 2 aliphatic rings. The van der Waals surface area contributed by atoms with E-state index in [1.807, 2.05) is 42.2 Å². The van der Waals surface area contributed by atoms with Gasteiger partial charge in [0.05, 0.1) is 11.5 Å². The van der Waals surface area contributed by atoms with Gasteiger partial charge in [-0.2, -0.15) is 4.31 Å². The van der Waals surface area contributed by atoms with Gasteiger partial charge in [0, 0.05) is 19.6 Å². The third-order valence-electron chi connectivity index (χ3n) is 6.27. The molecular weight excluding hydrogens is 412 g/mol. The number of para-hydroxylation sites is 1. The fourth-order valence-electron chi connectivity index (χ4n) is 4.38. The number of ether oxygens (including phenoxy) is 1. The third-order valence-corrected chi connectivity index (χ3v) is 8.19. The topological polar surface area (TPSA) is 66.9 Å². The van der Waals surface area contributed by atoms with Gasteiger partial charge in [-0.3, -0.25) is 4.79 Å². The first-order valence-corrected chi connectivity index (χ1v) is 12.4. The lowest BCUT2D eigenvalue weighted by Crippen LogP contribution is -2.50. The van der Waals surface area contributed by atoms with Crippen LogP contribution in [0, 0.1) is 12.8 Å². The summed E-state index contributed by atoms with van der Waals surface area (Å²) in [5.41, 5.74) is 1.01. The van der Waals surface area contributed by atoms with Crippen LogP contribution in [0.1, 0.15) is 31.2 Å². The van der Waals surface area contributed by atoms with E-state index >= 15 is 0 Å². The van der Waals surface area contributed by atoms with Crippen molar-refractivity contribution in [3.63, 3.8) is 0 Å². The van der Waals surface area contributed by atoms with Crippen LogP contribution in [0.25, 0.3) is 0 Å². The van der Waals surface area contributed by atoms with Crippen LogP contribution in [0.2, 0.25) is 0 Å². The van der Waals surface area contributed by atoms with E-state index in [0.29, 0.717) is 45.0 Å². The average Bonchev–Trinajstić information content (AvgIpc) is 3.29. The number of likely N-dealkylation sites (tertiary alicyclic amines) is 1. The Balaban J connectivity index is 1.35. The number of hydrogen-bond acceptors (Lipinski definition) is 4. The standard InChI is InChI=1S/C24H30N2O4S/c1-19-9-11-22(12-10-19)31(28,29)26-15-5-8-23(26)24(27)25-16-13-20(14-17-25)18-30-21-6-3-2-4-7-21/h2-4,6-7,9-12,20,23H,5,8,13-18H2,1H3/t23-/m0/s1. The first-order chi connectivity index (χ1) is 14.9. The summed E-state index contributed by atoms with van der Waals surface area (Å²) in [4.78, 5) is 15.3. The number of benzene rings is 2. The van der Waals surface area contributed by atoms with Gasteiger partial charge in [-0.25, -0.2) is 8.42 Å².